The molecule has 1 saturated carbocycles. The number of pyridine rings is 1. The molecule has 0 unspecified atom stereocenters. The molecule has 186 valence electrons. The van der Waals surface area contributed by atoms with E-state index in [0.717, 1.165) is 51.0 Å². The first-order chi connectivity index (χ1) is 16.7. The van der Waals surface area contributed by atoms with Crippen LogP contribution in [0.3, 0.4) is 0 Å². The molecule has 1 aliphatic carbocycles. The summed E-state index contributed by atoms with van der Waals surface area (Å²) in [6.07, 6.45) is 8.10. The molecule has 2 N–H and O–H groups in total. The molecule has 1 fully saturated rings. The first-order valence-corrected chi connectivity index (χ1v) is 13.4. The SMILES string of the molecule is CCCCCCCNS(=O)(=O)c1ccc(-c2cc3c(cc2F)c(=O)c(C(=O)O)cn3C2CC2)cc1. The van der Waals surface area contributed by atoms with Crippen LogP contribution >= 0.6 is 0 Å². The van der Waals surface area contributed by atoms with Gasteiger partial charge in [0.05, 0.1) is 10.4 Å². The molecule has 4 rings (SSSR count). The van der Waals surface area contributed by atoms with Gasteiger partial charge in [0.25, 0.3) is 0 Å². The first-order valence-electron chi connectivity index (χ1n) is 11.9. The van der Waals surface area contributed by atoms with Gasteiger partial charge >= 0.3 is 5.97 Å². The van der Waals surface area contributed by atoms with E-state index in [0.29, 0.717) is 17.6 Å². The summed E-state index contributed by atoms with van der Waals surface area (Å²) in [6.45, 7) is 2.49. The number of hydrogen-bond donors (Lipinski definition) is 2. The van der Waals surface area contributed by atoms with Crippen LogP contribution in [0.25, 0.3) is 22.0 Å². The lowest BCUT2D eigenvalue weighted by Gasteiger charge is -2.14. The minimum Gasteiger partial charge on any atom is -0.477 e. The van der Waals surface area contributed by atoms with E-state index in [1.165, 1.54) is 36.5 Å². The van der Waals surface area contributed by atoms with Gasteiger partial charge in [-0.2, -0.15) is 0 Å². The van der Waals surface area contributed by atoms with E-state index >= 15 is 4.39 Å². The number of halogens is 1. The summed E-state index contributed by atoms with van der Waals surface area (Å²) in [7, 11) is -3.67. The quantitative estimate of drug-likeness (QED) is 0.357. The molecule has 0 atom stereocenters. The molecule has 0 spiro atoms. The van der Waals surface area contributed by atoms with Gasteiger partial charge in [0.2, 0.25) is 15.5 Å². The van der Waals surface area contributed by atoms with E-state index in [2.05, 4.69) is 11.6 Å². The van der Waals surface area contributed by atoms with Crippen molar-refractivity contribution in [3.05, 3.63) is 64.2 Å². The van der Waals surface area contributed by atoms with Gasteiger partial charge in [-0.05, 0) is 49.1 Å². The van der Waals surface area contributed by atoms with Crippen molar-refractivity contribution in [2.75, 3.05) is 6.54 Å². The smallest absolute Gasteiger partial charge is 0.341 e. The van der Waals surface area contributed by atoms with Crippen LogP contribution in [0.15, 0.2) is 52.3 Å². The minimum atomic E-state index is -3.67. The molecule has 2 aromatic carbocycles. The third-order valence-corrected chi connectivity index (χ3v) is 7.82. The predicted molar refractivity (Wildman–Crippen MR) is 133 cm³/mol. The summed E-state index contributed by atoms with van der Waals surface area (Å²) >= 11 is 0. The second-order valence-electron chi connectivity index (χ2n) is 9.00. The van der Waals surface area contributed by atoms with Gasteiger partial charge in [0.1, 0.15) is 11.4 Å². The van der Waals surface area contributed by atoms with E-state index in [9.17, 15) is 23.1 Å². The summed E-state index contributed by atoms with van der Waals surface area (Å²) in [4.78, 5) is 24.3. The molecule has 0 bridgehead atoms. The number of carbonyl (C=O) groups is 1. The van der Waals surface area contributed by atoms with Crippen molar-refractivity contribution in [3.63, 3.8) is 0 Å². The summed E-state index contributed by atoms with van der Waals surface area (Å²) in [6, 6.07) is 8.60. The number of aromatic carboxylic acids is 1. The monoisotopic (exact) mass is 500 g/mol. The van der Waals surface area contributed by atoms with Gasteiger partial charge in [0.15, 0.2) is 0 Å². The Balaban J connectivity index is 1.62. The Hall–Kier alpha value is -3.04. The lowest BCUT2D eigenvalue weighted by Crippen LogP contribution is -2.24. The highest BCUT2D eigenvalue weighted by Gasteiger charge is 2.27. The third kappa shape index (κ3) is 5.46. The molecule has 0 aliphatic heterocycles. The molecule has 35 heavy (non-hydrogen) atoms. The number of aromatic nitrogens is 1. The van der Waals surface area contributed by atoms with Crippen LogP contribution in [0.5, 0.6) is 0 Å². The van der Waals surface area contributed by atoms with E-state index < -0.39 is 27.2 Å². The average Bonchev–Trinajstić information content (AvgIpc) is 3.67. The summed E-state index contributed by atoms with van der Waals surface area (Å²) in [5.74, 6) is -2.03. The number of nitrogens with zero attached hydrogens (tertiary/aromatic N) is 1. The van der Waals surface area contributed by atoms with Crippen molar-refractivity contribution < 1.29 is 22.7 Å². The Bertz CT molecular complexity index is 1410. The standard InChI is InChI=1S/C26H29FN2O5S/c1-2-3-4-5-6-13-28-35(33,34)19-11-7-17(8-12-19)20-15-24-21(14-23(20)27)25(30)22(26(31)32)16-29(24)18-9-10-18/h7-8,11-12,14-16,18,28H,2-6,9-10,13H2,1H3,(H,31,32). The Morgan fingerprint density at radius 2 is 1.80 bits per heavy atom. The number of benzene rings is 2. The second kappa shape index (κ2) is 10.3. The second-order valence-corrected chi connectivity index (χ2v) is 10.8. The van der Waals surface area contributed by atoms with E-state index in [4.69, 9.17) is 0 Å². The van der Waals surface area contributed by atoms with Crippen molar-refractivity contribution in [2.45, 2.75) is 62.8 Å². The van der Waals surface area contributed by atoms with Crippen molar-refractivity contribution >= 4 is 26.9 Å². The van der Waals surface area contributed by atoms with Gasteiger partial charge in [-0.25, -0.2) is 22.3 Å². The number of unbranched alkanes of at least 4 members (excludes halogenated alkanes) is 4. The number of carboxylic acids is 1. The van der Waals surface area contributed by atoms with Crippen LogP contribution in [-0.4, -0.2) is 30.6 Å². The van der Waals surface area contributed by atoms with Gasteiger partial charge in [0, 0.05) is 29.7 Å². The van der Waals surface area contributed by atoms with Crippen molar-refractivity contribution in [1.82, 2.24) is 9.29 Å². The molecule has 1 aromatic heterocycles. The normalized spacial score (nSPS) is 13.9. The fourth-order valence-electron chi connectivity index (χ4n) is 4.23. The molecule has 7 nitrogen and oxygen atoms in total. The average molecular weight is 501 g/mol. The number of carboxylic acid groups (broad SMARTS) is 1. The van der Waals surface area contributed by atoms with Crippen LogP contribution in [0.2, 0.25) is 0 Å². The fraction of sp³-hybridized carbons (Fsp3) is 0.385. The Morgan fingerprint density at radius 1 is 1.11 bits per heavy atom. The summed E-state index contributed by atoms with van der Waals surface area (Å²) in [5.41, 5.74) is 0.0172. The summed E-state index contributed by atoms with van der Waals surface area (Å²) < 4.78 is 44.6. The molecule has 0 saturated heterocycles. The van der Waals surface area contributed by atoms with Crippen molar-refractivity contribution in [3.8, 4) is 11.1 Å². The lowest BCUT2D eigenvalue weighted by molar-refractivity contribution is 0.0694. The van der Waals surface area contributed by atoms with Crippen LogP contribution in [-0.2, 0) is 10.0 Å². The molecular formula is C26H29FN2O5S. The Kier molecular flexibility index (Phi) is 7.37. The Morgan fingerprint density at radius 3 is 2.43 bits per heavy atom. The lowest BCUT2D eigenvalue weighted by atomic mass is 10.0. The van der Waals surface area contributed by atoms with Gasteiger partial charge in [-0.1, -0.05) is 44.7 Å². The summed E-state index contributed by atoms with van der Waals surface area (Å²) in [5, 5.41) is 9.40. The number of hydrogen-bond acceptors (Lipinski definition) is 4. The largest absolute Gasteiger partial charge is 0.477 e. The predicted octanol–water partition coefficient (Wildman–Crippen LogP) is 5.09. The zero-order chi connectivity index (χ0) is 25.2. The van der Waals surface area contributed by atoms with Gasteiger partial charge < -0.3 is 9.67 Å². The highest BCUT2D eigenvalue weighted by Crippen LogP contribution is 2.38. The molecule has 1 heterocycles. The first kappa shape index (κ1) is 25.1. The fourth-order valence-corrected chi connectivity index (χ4v) is 5.30. The van der Waals surface area contributed by atoms with Crippen LogP contribution in [0.4, 0.5) is 4.39 Å². The number of rotatable bonds is 11. The topological polar surface area (TPSA) is 105 Å². The maximum absolute atomic E-state index is 15.1. The third-order valence-electron chi connectivity index (χ3n) is 6.34. The van der Waals surface area contributed by atoms with E-state index in [1.807, 2.05) is 0 Å². The van der Waals surface area contributed by atoms with E-state index in [-0.39, 0.29) is 27.5 Å². The maximum Gasteiger partial charge on any atom is 0.341 e. The zero-order valence-electron chi connectivity index (χ0n) is 19.6. The molecule has 0 amide bonds. The minimum absolute atomic E-state index is 0.0142. The molecule has 0 radical (unpaired) electrons. The van der Waals surface area contributed by atoms with Crippen LogP contribution < -0.4 is 10.2 Å². The van der Waals surface area contributed by atoms with Gasteiger partial charge in [-0.15, -0.1) is 0 Å². The van der Waals surface area contributed by atoms with Gasteiger partial charge in [-0.3, -0.25) is 4.79 Å². The molecule has 3 aromatic rings. The highest BCUT2D eigenvalue weighted by atomic mass is 32.2. The van der Waals surface area contributed by atoms with E-state index in [1.54, 1.807) is 4.57 Å². The number of fused-ring (bicyclic) bond motifs is 1. The Labute approximate surface area is 203 Å². The van der Waals surface area contributed by atoms with Crippen LogP contribution in [0.1, 0.15) is 68.3 Å². The van der Waals surface area contributed by atoms with Crippen molar-refractivity contribution in [1.29, 1.82) is 0 Å². The number of sulfonamides is 1. The van der Waals surface area contributed by atoms with Crippen LogP contribution in [0, 0.1) is 5.82 Å². The highest BCUT2D eigenvalue weighted by molar-refractivity contribution is 7.89. The molecule has 9 heteroatoms. The molecular weight excluding hydrogens is 471 g/mol. The number of nitrogens with one attached hydrogen (secondary N) is 1. The zero-order valence-corrected chi connectivity index (χ0v) is 20.4. The van der Waals surface area contributed by atoms with Crippen molar-refractivity contribution in [2.24, 2.45) is 0 Å². The molecule has 1 aliphatic rings. The maximum atomic E-state index is 15.1.